The van der Waals surface area contributed by atoms with Gasteiger partial charge in [-0.05, 0) is 19.1 Å². The summed E-state index contributed by atoms with van der Waals surface area (Å²) in [4.78, 5) is 20.1. The molecule has 1 saturated heterocycles. The zero-order chi connectivity index (χ0) is 16.6. The smallest absolute Gasteiger partial charge is 0.253 e. The quantitative estimate of drug-likeness (QED) is 0.855. The summed E-state index contributed by atoms with van der Waals surface area (Å²) in [6, 6.07) is 2.98. The summed E-state index contributed by atoms with van der Waals surface area (Å²) < 4.78 is 18.8. The second kappa shape index (κ2) is 6.40. The molecule has 6 nitrogen and oxygen atoms in total. The van der Waals surface area contributed by atoms with Gasteiger partial charge in [-0.15, -0.1) is 0 Å². The van der Waals surface area contributed by atoms with E-state index in [4.69, 9.17) is 5.73 Å². The Labute approximate surface area is 145 Å². The van der Waals surface area contributed by atoms with Gasteiger partial charge in [-0.2, -0.15) is 4.37 Å². The second-order valence-electron chi connectivity index (χ2n) is 5.24. The van der Waals surface area contributed by atoms with Crippen molar-refractivity contribution >= 4 is 44.2 Å². The van der Waals surface area contributed by atoms with E-state index < -0.39 is 11.7 Å². The van der Waals surface area contributed by atoms with E-state index in [1.54, 1.807) is 6.07 Å². The number of hydrogen-bond donors (Lipinski definition) is 1. The number of halogens is 2. The number of hydrogen-bond acceptors (Lipinski definition) is 6. The number of amides is 1. The first-order chi connectivity index (χ1) is 11.0. The third kappa shape index (κ3) is 3.30. The van der Waals surface area contributed by atoms with Crippen molar-refractivity contribution in [2.24, 2.45) is 5.73 Å². The summed E-state index contributed by atoms with van der Waals surface area (Å²) in [6.45, 7) is 4.60. The first-order valence-electron chi connectivity index (χ1n) is 7.05. The summed E-state index contributed by atoms with van der Waals surface area (Å²) in [5, 5.41) is 0.887. The van der Waals surface area contributed by atoms with Crippen LogP contribution in [0.2, 0.25) is 0 Å². The maximum atomic E-state index is 14.1. The number of rotatable bonds is 3. The van der Waals surface area contributed by atoms with Gasteiger partial charge >= 0.3 is 0 Å². The molecular formula is C14H15BrFN5OS. The fraction of sp³-hybridized carbons (Fsp3) is 0.357. The number of primary amides is 1. The van der Waals surface area contributed by atoms with E-state index in [-0.39, 0.29) is 5.56 Å². The molecular weight excluding hydrogens is 385 g/mol. The fourth-order valence-corrected chi connectivity index (χ4v) is 3.75. The average Bonchev–Trinajstić information content (AvgIpc) is 2.92. The van der Waals surface area contributed by atoms with Crippen LogP contribution in [0.3, 0.4) is 0 Å². The van der Waals surface area contributed by atoms with E-state index in [1.165, 1.54) is 17.6 Å². The summed E-state index contributed by atoms with van der Waals surface area (Å²) in [7, 11) is 0. The number of piperazine rings is 1. The standard InChI is InChI=1S/C14H15BrFN5OS/c1-8-18-14(23-19-8)21-4-2-20(3-5-21)11-7-9(15)6-10(16)12(11)13(17)22/h6-7H,2-5H2,1H3,(H2,17,22). The van der Waals surface area contributed by atoms with Crippen LogP contribution in [-0.2, 0) is 0 Å². The van der Waals surface area contributed by atoms with Gasteiger partial charge in [0.2, 0.25) is 5.13 Å². The lowest BCUT2D eigenvalue weighted by Gasteiger charge is -2.36. The minimum absolute atomic E-state index is 0.0617. The van der Waals surface area contributed by atoms with E-state index in [0.717, 1.165) is 24.0 Å². The van der Waals surface area contributed by atoms with Gasteiger partial charge in [0.05, 0.1) is 11.3 Å². The van der Waals surface area contributed by atoms with Gasteiger partial charge in [-0.25, -0.2) is 9.37 Å². The van der Waals surface area contributed by atoms with Gasteiger partial charge in [0, 0.05) is 42.2 Å². The molecule has 2 N–H and O–H groups in total. The molecule has 122 valence electrons. The van der Waals surface area contributed by atoms with E-state index in [2.05, 4.69) is 30.2 Å². The highest BCUT2D eigenvalue weighted by atomic mass is 79.9. The second-order valence-corrected chi connectivity index (χ2v) is 6.89. The minimum atomic E-state index is -0.757. The van der Waals surface area contributed by atoms with Crippen molar-refractivity contribution in [1.82, 2.24) is 9.36 Å². The first kappa shape index (κ1) is 16.1. The van der Waals surface area contributed by atoms with Crippen LogP contribution in [0.25, 0.3) is 0 Å². The molecule has 0 radical (unpaired) electrons. The highest BCUT2D eigenvalue weighted by Crippen LogP contribution is 2.29. The Balaban J connectivity index is 1.81. The Kier molecular flexibility index (Phi) is 4.49. The fourth-order valence-electron chi connectivity index (χ4n) is 2.61. The van der Waals surface area contributed by atoms with Crippen LogP contribution in [0, 0.1) is 12.7 Å². The van der Waals surface area contributed by atoms with Crippen molar-refractivity contribution in [2.45, 2.75) is 6.92 Å². The topological polar surface area (TPSA) is 75.3 Å². The maximum absolute atomic E-state index is 14.1. The normalized spacial score (nSPS) is 15.1. The van der Waals surface area contributed by atoms with Crippen molar-refractivity contribution in [1.29, 1.82) is 0 Å². The third-order valence-corrected chi connectivity index (χ3v) is 5.01. The van der Waals surface area contributed by atoms with Crippen LogP contribution in [0.5, 0.6) is 0 Å². The Morgan fingerprint density at radius 1 is 1.30 bits per heavy atom. The molecule has 0 unspecified atom stereocenters. The van der Waals surface area contributed by atoms with Gasteiger partial charge in [0.1, 0.15) is 11.6 Å². The molecule has 9 heteroatoms. The van der Waals surface area contributed by atoms with Gasteiger partial charge in [-0.3, -0.25) is 4.79 Å². The molecule has 2 aromatic rings. The number of aromatic nitrogens is 2. The molecule has 0 atom stereocenters. The number of aryl methyl sites for hydroxylation is 1. The lowest BCUT2D eigenvalue weighted by molar-refractivity contribution is 0.0997. The predicted molar refractivity (Wildman–Crippen MR) is 91.7 cm³/mol. The van der Waals surface area contributed by atoms with Crippen molar-refractivity contribution in [3.8, 4) is 0 Å². The average molecular weight is 400 g/mol. The summed E-state index contributed by atoms with van der Waals surface area (Å²) >= 11 is 4.64. The first-order valence-corrected chi connectivity index (χ1v) is 8.61. The molecule has 1 aliphatic heterocycles. The monoisotopic (exact) mass is 399 g/mol. The zero-order valence-corrected chi connectivity index (χ0v) is 14.8. The van der Waals surface area contributed by atoms with Crippen LogP contribution >= 0.6 is 27.5 Å². The SMILES string of the molecule is Cc1nsc(N2CCN(c3cc(Br)cc(F)c3C(N)=O)CC2)n1. The van der Waals surface area contributed by atoms with Crippen molar-refractivity contribution in [3.05, 3.63) is 33.8 Å². The number of carbonyl (C=O) groups is 1. The van der Waals surface area contributed by atoms with E-state index in [0.29, 0.717) is 23.2 Å². The molecule has 1 fully saturated rings. The third-order valence-electron chi connectivity index (χ3n) is 3.69. The molecule has 2 heterocycles. The van der Waals surface area contributed by atoms with Crippen LogP contribution in [0.1, 0.15) is 16.2 Å². The van der Waals surface area contributed by atoms with E-state index in [1.807, 2.05) is 11.8 Å². The Morgan fingerprint density at radius 3 is 2.52 bits per heavy atom. The zero-order valence-electron chi connectivity index (χ0n) is 12.4. The molecule has 1 aromatic heterocycles. The summed E-state index contributed by atoms with van der Waals surface area (Å²) in [5.74, 6) is -0.603. The van der Waals surface area contributed by atoms with E-state index in [9.17, 15) is 9.18 Å². The highest BCUT2D eigenvalue weighted by Gasteiger charge is 2.25. The van der Waals surface area contributed by atoms with Crippen molar-refractivity contribution in [3.63, 3.8) is 0 Å². The van der Waals surface area contributed by atoms with Crippen molar-refractivity contribution < 1.29 is 9.18 Å². The lowest BCUT2D eigenvalue weighted by atomic mass is 10.1. The molecule has 1 aromatic carbocycles. The Bertz CT molecular complexity index is 745. The summed E-state index contributed by atoms with van der Waals surface area (Å²) in [5.41, 5.74) is 5.81. The molecule has 0 aliphatic carbocycles. The predicted octanol–water partition coefficient (Wildman–Crippen LogP) is 2.17. The molecule has 1 amide bonds. The van der Waals surface area contributed by atoms with Crippen LogP contribution < -0.4 is 15.5 Å². The maximum Gasteiger partial charge on any atom is 0.253 e. The molecule has 1 aliphatic rings. The van der Waals surface area contributed by atoms with Crippen LogP contribution in [0.15, 0.2) is 16.6 Å². The molecule has 23 heavy (non-hydrogen) atoms. The van der Waals surface area contributed by atoms with Gasteiger partial charge < -0.3 is 15.5 Å². The minimum Gasteiger partial charge on any atom is -0.367 e. The largest absolute Gasteiger partial charge is 0.367 e. The van der Waals surface area contributed by atoms with E-state index >= 15 is 0 Å². The van der Waals surface area contributed by atoms with Gasteiger partial charge in [0.15, 0.2) is 0 Å². The Hall–Kier alpha value is -1.74. The summed E-state index contributed by atoms with van der Waals surface area (Å²) in [6.07, 6.45) is 0. The van der Waals surface area contributed by atoms with Gasteiger partial charge in [-0.1, -0.05) is 15.9 Å². The molecule has 0 spiro atoms. The molecule has 0 saturated carbocycles. The highest BCUT2D eigenvalue weighted by molar-refractivity contribution is 9.10. The van der Waals surface area contributed by atoms with Gasteiger partial charge in [0.25, 0.3) is 5.91 Å². The number of anilines is 2. The van der Waals surface area contributed by atoms with Crippen LogP contribution in [-0.4, -0.2) is 41.4 Å². The number of nitrogens with zero attached hydrogens (tertiary/aromatic N) is 4. The lowest BCUT2D eigenvalue weighted by Crippen LogP contribution is -2.47. The molecule has 0 bridgehead atoms. The molecule has 3 rings (SSSR count). The number of nitrogens with two attached hydrogens (primary N) is 1. The van der Waals surface area contributed by atoms with Crippen LogP contribution in [0.4, 0.5) is 15.2 Å². The number of carbonyl (C=O) groups excluding carboxylic acids is 1. The number of benzene rings is 1. The van der Waals surface area contributed by atoms with Crippen molar-refractivity contribution in [2.75, 3.05) is 36.0 Å². The Morgan fingerprint density at radius 2 is 1.96 bits per heavy atom.